The third-order valence-corrected chi connectivity index (χ3v) is 2.36. The molecule has 0 atom stereocenters. The summed E-state index contributed by atoms with van der Waals surface area (Å²) in [5.74, 6) is 0.988. The number of aromatic nitrogens is 2. The van der Waals surface area contributed by atoms with E-state index < -0.39 is 0 Å². The largest absolute Gasteiger partial charge is 0.437 e. The van der Waals surface area contributed by atoms with Crippen molar-refractivity contribution in [2.24, 2.45) is 0 Å². The maximum absolute atomic E-state index is 5.87. The first-order valence-electron chi connectivity index (χ1n) is 4.57. The van der Waals surface area contributed by atoms with Crippen molar-refractivity contribution in [1.82, 2.24) is 9.97 Å². The van der Waals surface area contributed by atoms with Crippen LogP contribution in [0, 0.1) is 6.92 Å². The quantitative estimate of drug-likeness (QED) is 0.816. The molecule has 1 aromatic carbocycles. The standard InChI is InChI=1S/C11H8Cl2N2O/c1-7-2-3-8(12)4-9(7)16-11-6-14-5-10(13)15-11/h2-6H,1H3. The average molecular weight is 255 g/mol. The topological polar surface area (TPSA) is 35.0 Å². The molecule has 0 bridgehead atoms. The second-order valence-corrected chi connectivity index (χ2v) is 4.02. The predicted molar refractivity (Wildman–Crippen MR) is 63.3 cm³/mol. The zero-order valence-electron chi connectivity index (χ0n) is 8.45. The Labute approximate surface area is 103 Å². The first-order chi connectivity index (χ1) is 7.65. The van der Waals surface area contributed by atoms with E-state index >= 15 is 0 Å². The first kappa shape index (κ1) is 11.2. The van der Waals surface area contributed by atoms with Crippen molar-refractivity contribution in [2.45, 2.75) is 6.92 Å². The van der Waals surface area contributed by atoms with Gasteiger partial charge in [-0.2, -0.15) is 4.98 Å². The molecule has 16 heavy (non-hydrogen) atoms. The van der Waals surface area contributed by atoms with Gasteiger partial charge in [-0.15, -0.1) is 0 Å². The summed E-state index contributed by atoms with van der Waals surface area (Å²) in [5, 5.41) is 0.896. The minimum absolute atomic E-state index is 0.289. The molecule has 0 amide bonds. The SMILES string of the molecule is Cc1ccc(Cl)cc1Oc1cncc(Cl)n1. The van der Waals surface area contributed by atoms with Gasteiger partial charge in [0.15, 0.2) is 5.15 Å². The van der Waals surface area contributed by atoms with Gasteiger partial charge in [-0.1, -0.05) is 29.3 Å². The van der Waals surface area contributed by atoms with E-state index in [1.807, 2.05) is 13.0 Å². The summed E-state index contributed by atoms with van der Waals surface area (Å²) in [6.45, 7) is 1.92. The molecule has 0 fully saturated rings. The van der Waals surface area contributed by atoms with Crippen molar-refractivity contribution < 1.29 is 4.74 Å². The smallest absolute Gasteiger partial charge is 0.239 e. The van der Waals surface area contributed by atoms with Crippen molar-refractivity contribution in [3.05, 3.63) is 46.3 Å². The van der Waals surface area contributed by atoms with E-state index in [2.05, 4.69) is 9.97 Å². The van der Waals surface area contributed by atoms with E-state index in [4.69, 9.17) is 27.9 Å². The minimum atomic E-state index is 0.289. The molecule has 0 N–H and O–H groups in total. The molecule has 0 saturated heterocycles. The van der Waals surface area contributed by atoms with Gasteiger partial charge in [-0.25, -0.2) is 0 Å². The summed E-state index contributed by atoms with van der Waals surface area (Å²) in [6.07, 6.45) is 2.94. The van der Waals surface area contributed by atoms with E-state index in [1.54, 1.807) is 12.1 Å². The summed E-state index contributed by atoms with van der Waals surface area (Å²) < 4.78 is 5.53. The maximum Gasteiger partial charge on any atom is 0.239 e. The molecule has 0 aliphatic carbocycles. The van der Waals surface area contributed by atoms with Crippen LogP contribution in [0.5, 0.6) is 11.6 Å². The third-order valence-electron chi connectivity index (χ3n) is 1.95. The molecule has 2 aromatic rings. The van der Waals surface area contributed by atoms with E-state index in [0.29, 0.717) is 16.7 Å². The van der Waals surface area contributed by atoms with Crippen LogP contribution >= 0.6 is 23.2 Å². The number of rotatable bonds is 2. The summed E-state index contributed by atoms with van der Waals surface area (Å²) in [5.41, 5.74) is 0.964. The molecule has 0 aliphatic rings. The van der Waals surface area contributed by atoms with E-state index in [-0.39, 0.29) is 5.15 Å². The molecule has 82 valence electrons. The molecule has 1 aromatic heterocycles. The van der Waals surface area contributed by atoms with Crippen LogP contribution in [-0.4, -0.2) is 9.97 Å². The highest BCUT2D eigenvalue weighted by Gasteiger charge is 2.04. The molecule has 0 aliphatic heterocycles. The fraction of sp³-hybridized carbons (Fsp3) is 0.0909. The number of nitrogens with zero attached hydrogens (tertiary/aromatic N) is 2. The first-order valence-corrected chi connectivity index (χ1v) is 5.32. The molecular formula is C11H8Cl2N2O. The number of ether oxygens (including phenoxy) is 1. The van der Waals surface area contributed by atoms with Gasteiger partial charge in [0.1, 0.15) is 5.75 Å². The average Bonchev–Trinajstić information content (AvgIpc) is 2.24. The van der Waals surface area contributed by atoms with Crippen LogP contribution < -0.4 is 4.74 Å². The van der Waals surface area contributed by atoms with Crippen LogP contribution in [0.3, 0.4) is 0 Å². The van der Waals surface area contributed by atoms with Crippen molar-refractivity contribution >= 4 is 23.2 Å². The van der Waals surface area contributed by atoms with Gasteiger partial charge >= 0.3 is 0 Å². The van der Waals surface area contributed by atoms with Crippen molar-refractivity contribution in [3.63, 3.8) is 0 Å². The Morgan fingerprint density at radius 2 is 2.00 bits per heavy atom. The molecule has 2 rings (SSSR count). The minimum Gasteiger partial charge on any atom is -0.437 e. The van der Waals surface area contributed by atoms with E-state index in [9.17, 15) is 0 Å². The van der Waals surface area contributed by atoms with Crippen molar-refractivity contribution in [1.29, 1.82) is 0 Å². The number of aryl methyl sites for hydroxylation is 1. The Kier molecular flexibility index (Phi) is 3.27. The fourth-order valence-corrected chi connectivity index (χ4v) is 1.47. The molecule has 3 nitrogen and oxygen atoms in total. The lowest BCUT2D eigenvalue weighted by atomic mass is 10.2. The zero-order chi connectivity index (χ0) is 11.5. The predicted octanol–water partition coefficient (Wildman–Crippen LogP) is 3.88. The van der Waals surface area contributed by atoms with Gasteiger partial charge in [-0.3, -0.25) is 4.98 Å². The monoisotopic (exact) mass is 254 g/mol. The normalized spacial score (nSPS) is 10.2. The molecule has 5 heteroatoms. The molecular weight excluding hydrogens is 247 g/mol. The van der Waals surface area contributed by atoms with Crippen LogP contribution in [0.4, 0.5) is 0 Å². The lowest BCUT2D eigenvalue weighted by Gasteiger charge is -2.07. The number of hydrogen-bond donors (Lipinski definition) is 0. The summed E-state index contributed by atoms with van der Waals surface area (Å²) in [6, 6.07) is 5.39. The van der Waals surface area contributed by atoms with Gasteiger partial charge in [0.2, 0.25) is 5.88 Å². The summed E-state index contributed by atoms with van der Waals surface area (Å²) >= 11 is 11.6. The lowest BCUT2D eigenvalue weighted by molar-refractivity contribution is 0.457. The third kappa shape index (κ3) is 2.62. The van der Waals surface area contributed by atoms with Gasteiger partial charge in [0, 0.05) is 5.02 Å². The Morgan fingerprint density at radius 1 is 1.19 bits per heavy atom. The van der Waals surface area contributed by atoms with Crippen LogP contribution in [0.1, 0.15) is 5.56 Å². The van der Waals surface area contributed by atoms with Crippen LogP contribution in [-0.2, 0) is 0 Å². The Bertz CT molecular complexity index is 517. The second kappa shape index (κ2) is 4.68. The van der Waals surface area contributed by atoms with Crippen molar-refractivity contribution in [2.75, 3.05) is 0 Å². The molecule has 1 heterocycles. The highest BCUT2D eigenvalue weighted by Crippen LogP contribution is 2.26. The van der Waals surface area contributed by atoms with Gasteiger partial charge in [0.25, 0.3) is 0 Å². The van der Waals surface area contributed by atoms with E-state index in [0.717, 1.165) is 5.56 Å². The summed E-state index contributed by atoms with van der Waals surface area (Å²) in [4.78, 5) is 7.86. The molecule has 0 spiro atoms. The van der Waals surface area contributed by atoms with Gasteiger partial charge in [0.05, 0.1) is 12.4 Å². The molecule has 0 unspecified atom stereocenters. The van der Waals surface area contributed by atoms with Gasteiger partial charge in [-0.05, 0) is 24.6 Å². The fourth-order valence-electron chi connectivity index (χ4n) is 1.17. The Morgan fingerprint density at radius 3 is 2.75 bits per heavy atom. The molecule has 0 saturated carbocycles. The number of hydrogen-bond acceptors (Lipinski definition) is 3. The highest BCUT2D eigenvalue weighted by molar-refractivity contribution is 6.30. The zero-order valence-corrected chi connectivity index (χ0v) is 9.96. The Hall–Kier alpha value is -1.32. The number of halogens is 2. The van der Waals surface area contributed by atoms with E-state index in [1.165, 1.54) is 12.4 Å². The highest BCUT2D eigenvalue weighted by atomic mass is 35.5. The van der Waals surface area contributed by atoms with Crippen LogP contribution in [0.15, 0.2) is 30.6 Å². The van der Waals surface area contributed by atoms with Crippen LogP contribution in [0.2, 0.25) is 10.2 Å². The second-order valence-electron chi connectivity index (χ2n) is 3.19. The van der Waals surface area contributed by atoms with Gasteiger partial charge < -0.3 is 4.74 Å². The lowest BCUT2D eigenvalue weighted by Crippen LogP contribution is -1.91. The van der Waals surface area contributed by atoms with Crippen molar-refractivity contribution in [3.8, 4) is 11.6 Å². The Balaban J connectivity index is 2.30. The summed E-state index contributed by atoms with van der Waals surface area (Å²) in [7, 11) is 0. The number of benzene rings is 1. The van der Waals surface area contributed by atoms with Crippen LogP contribution in [0.25, 0.3) is 0 Å². The molecule has 0 radical (unpaired) electrons. The maximum atomic E-state index is 5.87.